The summed E-state index contributed by atoms with van der Waals surface area (Å²) in [4.78, 5) is 12.1. The van der Waals surface area contributed by atoms with Crippen molar-refractivity contribution in [2.75, 3.05) is 6.61 Å². The van der Waals surface area contributed by atoms with Crippen LogP contribution >= 0.6 is 0 Å². The molecule has 1 aromatic rings. The third-order valence-electron chi connectivity index (χ3n) is 7.76. The molecular weight excluding hydrogens is 359 g/mol. The van der Waals surface area contributed by atoms with E-state index in [2.05, 4.69) is 6.92 Å². The molecule has 2 bridgehead atoms. The summed E-state index contributed by atoms with van der Waals surface area (Å²) < 4.78 is 25.7. The maximum Gasteiger partial charge on any atom is 0.201 e. The molecule has 0 unspecified atom stereocenters. The van der Waals surface area contributed by atoms with E-state index < -0.39 is 11.4 Å². The van der Waals surface area contributed by atoms with Gasteiger partial charge in [0.1, 0.15) is 5.82 Å². The van der Waals surface area contributed by atoms with Gasteiger partial charge in [0.2, 0.25) is 5.79 Å². The number of hydrogen-bond donors (Lipinski definition) is 0. The average Bonchev–Trinajstić information content (AvgIpc) is 2.92. The summed E-state index contributed by atoms with van der Waals surface area (Å²) in [5.74, 6) is 0.998. The van der Waals surface area contributed by atoms with Crippen molar-refractivity contribution in [1.82, 2.24) is 0 Å². The fourth-order valence-electron chi connectivity index (χ4n) is 6.23. The molecule has 5 aliphatic rings. The lowest BCUT2D eigenvalue weighted by Crippen LogP contribution is -2.69. The van der Waals surface area contributed by atoms with E-state index in [-0.39, 0.29) is 12.1 Å². The lowest BCUT2D eigenvalue weighted by molar-refractivity contribution is -0.567. The van der Waals surface area contributed by atoms with Crippen molar-refractivity contribution in [3.8, 4) is 0 Å². The Morgan fingerprint density at radius 2 is 1.89 bits per heavy atom. The van der Waals surface area contributed by atoms with E-state index in [1.54, 1.807) is 12.1 Å². The van der Waals surface area contributed by atoms with Gasteiger partial charge in [-0.05, 0) is 80.9 Å². The minimum atomic E-state index is -0.688. The van der Waals surface area contributed by atoms with Crippen LogP contribution < -0.4 is 0 Å². The Morgan fingerprint density at radius 3 is 2.71 bits per heavy atom. The van der Waals surface area contributed by atoms with Gasteiger partial charge in [0.15, 0.2) is 11.9 Å². The first kappa shape index (κ1) is 19.0. The highest BCUT2D eigenvalue weighted by molar-refractivity contribution is 5.16. The number of fused-ring (bicyclic) bond motifs is 2. The molecule has 4 aliphatic heterocycles. The van der Waals surface area contributed by atoms with Crippen LogP contribution in [0.2, 0.25) is 0 Å². The number of hydrogen-bond acceptors (Lipinski definition) is 4. The van der Waals surface area contributed by atoms with E-state index in [1.165, 1.54) is 12.0 Å². The zero-order valence-corrected chi connectivity index (χ0v) is 16.9. The smallest absolute Gasteiger partial charge is 0.201 e. The van der Waals surface area contributed by atoms with Gasteiger partial charge in [-0.25, -0.2) is 14.2 Å². The summed E-state index contributed by atoms with van der Waals surface area (Å²) in [6, 6.07) is 6.86. The molecular formula is C23H31FO4. The minimum absolute atomic E-state index is 0.174. The molecule has 5 fully saturated rings. The van der Waals surface area contributed by atoms with Gasteiger partial charge in [-0.3, -0.25) is 0 Å². The van der Waals surface area contributed by atoms with E-state index in [0.717, 1.165) is 45.1 Å². The van der Waals surface area contributed by atoms with E-state index in [0.29, 0.717) is 23.7 Å². The summed E-state index contributed by atoms with van der Waals surface area (Å²) >= 11 is 0. The zero-order chi connectivity index (χ0) is 19.4. The Bertz CT molecular complexity index is 709. The molecule has 154 valence electrons. The SMILES string of the molecule is C[C@@H]1CC[C@H]2[C@@H](CCCc3ccc(F)cc3)CO[C@@H]3O[C@]4(C)CC[C@@H]1[C@]32OO4. The maximum absolute atomic E-state index is 13.1. The van der Waals surface area contributed by atoms with E-state index >= 15 is 0 Å². The van der Waals surface area contributed by atoms with Crippen LogP contribution in [0.1, 0.15) is 57.9 Å². The minimum Gasteiger partial charge on any atom is -0.349 e. The molecule has 4 saturated heterocycles. The van der Waals surface area contributed by atoms with Gasteiger partial charge in [0.25, 0.3) is 0 Å². The quantitative estimate of drug-likeness (QED) is 0.677. The van der Waals surface area contributed by atoms with Crippen molar-refractivity contribution >= 4 is 0 Å². The Morgan fingerprint density at radius 1 is 1.07 bits per heavy atom. The zero-order valence-electron chi connectivity index (χ0n) is 16.9. The highest BCUT2D eigenvalue weighted by atomic mass is 19.1. The summed E-state index contributed by atoms with van der Waals surface area (Å²) in [6.45, 7) is 5.03. The molecule has 28 heavy (non-hydrogen) atoms. The van der Waals surface area contributed by atoms with Crippen molar-refractivity contribution in [1.29, 1.82) is 0 Å². The summed E-state index contributed by atoms with van der Waals surface area (Å²) in [6.07, 6.45) is 7.09. The van der Waals surface area contributed by atoms with E-state index in [9.17, 15) is 4.39 Å². The van der Waals surface area contributed by atoms with Gasteiger partial charge in [-0.15, -0.1) is 0 Å². The second kappa shape index (κ2) is 7.05. The van der Waals surface area contributed by atoms with Crippen molar-refractivity contribution in [3.05, 3.63) is 35.6 Å². The average molecular weight is 390 g/mol. The van der Waals surface area contributed by atoms with Gasteiger partial charge in [-0.2, -0.15) is 0 Å². The van der Waals surface area contributed by atoms with Crippen molar-refractivity contribution in [3.63, 3.8) is 0 Å². The normalized spacial score (nSPS) is 44.8. The third-order valence-corrected chi connectivity index (χ3v) is 7.76. The first-order chi connectivity index (χ1) is 13.5. The number of ether oxygens (including phenoxy) is 2. The van der Waals surface area contributed by atoms with E-state index in [4.69, 9.17) is 19.2 Å². The monoisotopic (exact) mass is 390 g/mol. The summed E-state index contributed by atoms with van der Waals surface area (Å²) in [7, 11) is 0. The van der Waals surface area contributed by atoms with Crippen LogP contribution in [0, 0.1) is 29.5 Å². The molecule has 0 N–H and O–H groups in total. The standard InChI is InChI=1S/C23H31FO4/c1-15-6-11-20-17(5-3-4-16-7-9-18(24)10-8-16)14-25-21-23(20)19(15)12-13-22(2,26-21)27-28-23/h7-10,15,17,19-21H,3-6,11-14H2,1-2H3/t15-,17+,19+,20+,21-,22+,23-/m1/s1. The fraction of sp³-hybridized carbons (Fsp3) is 0.739. The molecule has 0 radical (unpaired) electrons. The maximum atomic E-state index is 13.1. The van der Waals surface area contributed by atoms with E-state index in [1.807, 2.05) is 19.1 Å². The molecule has 6 rings (SSSR count). The van der Waals surface area contributed by atoms with Crippen LogP contribution in [0.3, 0.4) is 0 Å². The van der Waals surface area contributed by atoms with Gasteiger partial charge in [0, 0.05) is 12.3 Å². The topological polar surface area (TPSA) is 36.9 Å². The Balaban J connectivity index is 1.33. The highest BCUT2D eigenvalue weighted by Crippen LogP contribution is 2.60. The van der Waals surface area contributed by atoms with Crippen molar-refractivity contribution in [2.24, 2.45) is 23.7 Å². The first-order valence-corrected chi connectivity index (χ1v) is 10.9. The van der Waals surface area contributed by atoms with Crippen LogP contribution in [0.5, 0.6) is 0 Å². The van der Waals surface area contributed by atoms with Gasteiger partial charge < -0.3 is 9.47 Å². The Hall–Kier alpha value is -1.01. The molecule has 1 saturated carbocycles. The molecule has 1 aromatic carbocycles. The largest absolute Gasteiger partial charge is 0.349 e. The molecule has 1 spiro atoms. The fourth-order valence-corrected chi connectivity index (χ4v) is 6.23. The number of halogens is 1. The first-order valence-electron chi connectivity index (χ1n) is 10.9. The summed E-state index contributed by atoms with van der Waals surface area (Å²) in [5.41, 5.74) is 0.724. The number of benzene rings is 1. The molecule has 4 nitrogen and oxygen atoms in total. The third kappa shape index (κ3) is 3.02. The molecule has 7 atom stereocenters. The number of rotatable bonds is 4. The second-order valence-corrected chi connectivity index (χ2v) is 9.52. The van der Waals surface area contributed by atoms with Gasteiger partial charge in [-0.1, -0.05) is 19.1 Å². The van der Waals surface area contributed by atoms with Crippen LogP contribution in [0.25, 0.3) is 0 Å². The Kier molecular flexibility index (Phi) is 4.78. The van der Waals surface area contributed by atoms with Crippen LogP contribution in [-0.4, -0.2) is 24.3 Å². The van der Waals surface area contributed by atoms with Gasteiger partial charge >= 0.3 is 0 Å². The number of aryl methyl sites for hydroxylation is 1. The molecule has 1 aliphatic carbocycles. The predicted octanol–water partition coefficient (Wildman–Crippen LogP) is 5.01. The van der Waals surface area contributed by atoms with Crippen LogP contribution in [0.15, 0.2) is 24.3 Å². The Labute approximate surface area is 166 Å². The molecule has 5 heteroatoms. The summed E-state index contributed by atoms with van der Waals surface area (Å²) in [5, 5.41) is 0. The van der Waals surface area contributed by atoms with Gasteiger partial charge in [0.05, 0.1) is 6.61 Å². The second-order valence-electron chi connectivity index (χ2n) is 9.52. The molecule has 0 amide bonds. The van der Waals surface area contributed by atoms with Crippen molar-refractivity contribution in [2.45, 2.75) is 76.5 Å². The van der Waals surface area contributed by atoms with Crippen LogP contribution in [0.4, 0.5) is 4.39 Å². The lowest BCUT2D eigenvalue weighted by atomic mass is 9.57. The molecule has 0 aromatic heterocycles. The van der Waals surface area contributed by atoms with Crippen molar-refractivity contribution < 1.29 is 23.6 Å². The highest BCUT2D eigenvalue weighted by Gasteiger charge is 2.68. The predicted molar refractivity (Wildman–Crippen MR) is 102 cm³/mol. The van der Waals surface area contributed by atoms with Crippen LogP contribution in [-0.2, 0) is 25.7 Å². The lowest BCUT2D eigenvalue weighted by Gasteiger charge is -2.59. The molecule has 4 heterocycles.